The van der Waals surface area contributed by atoms with Crippen LogP contribution in [0.4, 0.5) is 0 Å². The monoisotopic (exact) mass is 436 g/mol. The predicted octanol–water partition coefficient (Wildman–Crippen LogP) is 3.35. The Hall–Kier alpha value is -1.77. The lowest BCUT2D eigenvalue weighted by Gasteiger charge is -2.32. The Morgan fingerprint density at radius 3 is 2.28 bits per heavy atom. The third-order valence-electron chi connectivity index (χ3n) is 5.33. The predicted molar refractivity (Wildman–Crippen MR) is 113 cm³/mol. The summed E-state index contributed by atoms with van der Waals surface area (Å²) in [5.74, 6) is -0.252. The topological polar surface area (TPSA) is 84.4 Å². The zero-order chi connectivity index (χ0) is 21.4. The molecule has 158 valence electrons. The van der Waals surface area contributed by atoms with Gasteiger partial charge in [0.25, 0.3) is 0 Å². The fourth-order valence-corrected chi connectivity index (χ4v) is 6.13. The average Bonchev–Trinajstić information content (AvgIpc) is 2.67. The number of hydrogen-bond acceptors (Lipinski definition) is 5. The summed E-state index contributed by atoms with van der Waals surface area (Å²) in [6, 6.07) is 10.2. The van der Waals surface area contributed by atoms with Gasteiger partial charge in [0.05, 0.1) is 15.5 Å². The number of benzene rings is 1. The minimum absolute atomic E-state index is 0.0560. The molecule has 0 saturated carbocycles. The normalized spacial score (nSPS) is 19.2. The van der Waals surface area contributed by atoms with Crippen molar-refractivity contribution in [3.63, 3.8) is 0 Å². The average molecular weight is 437 g/mol. The number of aromatic nitrogens is 1. The lowest BCUT2D eigenvalue weighted by molar-refractivity contribution is 0.310. The second-order valence-electron chi connectivity index (χ2n) is 8.64. The smallest absolute Gasteiger partial charge is 0.243 e. The summed E-state index contributed by atoms with van der Waals surface area (Å²) in [4.78, 5) is 4.74. The van der Waals surface area contributed by atoms with Gasteiger partial charge >= 0.3 is 0 Å². The maximum Gasteiger partial charge on any atom is 0.243 e. The summed E-state index contributed by atoms with van der Waals surface area (Å²) in [7, 11) is -7.09. The zero-order valence-corrected chi connectivity index (χ0v) is 18.9. The van der Waals surface area contributed by atoms with Crippen LogP contribution in [0.5, 0.6) is 0 Å². The summed E-state index contributed by atoms with van der Waals surface area (Å²) in [5, 5.41) is 0. The molecule has 29 heavy (non-hydrogen) atoms. The van der Waals surface area contributed by atoms with Crippen molar-refractivity contribution in [1.29, 1.82) is 0 Å². The molecular formula is C21H28N2O4S2. The molecule has 0 aliphatic carbocycles. The van der Waals surface area contributed by atoms with Gasteiger partial charge in [0, 0.05) is 31.5 Å². The van der Waals surface area contributed by atoms with Crippen molar-refractivity contribution in [1.82, 2.24) is 9.29 Å². The number of sulfonamides is 1. The fourth-order valence-electron chi connectivity index (χ4n) is 3.68. The van der Waals surface area contributed by atoms with Crippen molar-refractivity contribution in [2.24, 2.45) is 0 Å². The van der Waals surface area contributed by atoms with E-state index in [1.54, 1.807) is 24.4 Å². The molecule has 0 spiro atoms. The minimum atomic E-state index is -3.66. The van der Waals surface area contributed by atoms with Crippen LogP contribution in [0.3, 0.4) is 0 Å². The standard InChI is InChI=1S/C21H28N2O4S2/c1-21(2,3)17-9-11-18(12-10-17)29(26,27)23-14-6-7-16(15-23)20-19(28(4,24)25)8-5-13-22-20/h5,8-13,16H,6-7,14-15H2,1-4H3/t16-/m0/s1. The Morgan fingerprint density at radius 1 is 1.03 bits per heavy atom. The minimum Gasteiger partial charge on any atom is -0.260 e. The van der Waals surface area contributed by atoms with Gasteiger partial charge in [0.1, 0.15) is 0 Å². The molecule has 8 heteroatoms. The van der Waals surface area contributed by atoms with Crippen molar-refractivity contribution >= 4 is 19.9 Å². The van der Waals surface area contributed by atoms with Crippen LogP contribution in [0.25, 0.3) is 0 Å². The first-order chi connectivity index (χ1) is 13.4. The number of sulfone groups is 1. The van der Waals surface area contributed by atoms with Gasteiger partial charge in [-0.05, 0) is 48.1 Å². The van der Waals surface area contributed by atoms with Crippen LogP contribution in [0.15, 0.2) is 52.4 Å². The molecule has 2 aromatic rings. The zero-order valence-electron chi connectivity index (χ0n) is 17.3. The van der Waals surface area contributed by atoms with Crippen LogP contribution in [-0.2, 0) is 25.3 Å². The van der Waals surface area contributed by atoms with Gasteiger partial charge in [-0.25, -0.2) is 16.8 Å². The largest absolute Gasteiger partial charge is 0.260 e. The summed E-state index contributed by atoms with van der Waals surface area (Å²) in [5.41, 5.74) is 1.47. The van der Waals surface area contributed by atoms with Gasteiger partial charge in [-0.3, -0.25) is 4.98 Å². The van der Waals surface area contributed by atoms with Gasteiger partial charge in [0.15, 0.2) is 9.84 Å². The summed E-state index contributed by atoms with van der Waals surface area (Å²) >= 11 is 0. The Balaban J connectivity index is 1.90. The lowest BCUT2D eigenvalue weighted by Crippen LogP contribution is -2.39. The number of pyridine rings is 1. The van der Waals surface area contributed by atoms with Crippen molar-refractivity contribution < 1.29 is 16.8 Å². The van der Waals surface area contributed by atoms with Crippen molar-refractivity contribution in [2.45, 2.75) is 54.7 Å². The molecule has 1 saturated heterocycles. The molecular weight excluding hydrogens is 408 g/mol. The van der Waals surface area contributed by atoms with Gasteiger partial charge in [-0.2, -0.15) is 4.31 Å². The molecule has 1 aromatic carbocycles. The lowest BCUT2D eigenvalue weighted by atomic mass is 9.87. The first-order valence-corrected chi connectivity index (χ1v) is 13.0. The number of piperidine rings is 1. The van der Waals surface area contributed by atoms with Crippen LogP contribution >= 0.6 is 0 Å². The second kappa shape index (κ2) is 7.81. The molecule has 6 nitrogen and oxygen atoms in total. The van der Waals surface area contributed by atoms with Crippen LogP contribution in [-0.4, -0.2) is 45.5 Å². The van der Waals surface area contributed by atoms with E-state index in [9.17, 15) is 16.8 Å². The molecule has 1 fully saturated rings. The molecule has 0 bridgehead atoms. The molecule has 0 unspecified atom stereocenters. The highest BCUT2D eigenvalue weighted by Crippen LogP contribution is 2.33. The highest BCUT2D eigenvalue weighted by atomic mass is 32.2. The summed E-state index contributed by atoms with van der Waals surface area (Å²) in [6.07, 6.45) is 4.07. The van der Waals surface area contributed by atoms with E-state index in [0.29, 0.717) is 25.1 Å². The molecule has 1 aromatic heterocycles. The van der Waals surface area contributed by atoms with Gasteiger partial charge in [-0.15, -0.1) is 0 Å². The molecule has 1 aliphatic heterocycles. The molecule has 0 radical (unpaired) electrons. The summed E-state index contributed by atoms with van der Waals surface area (Å²) in [6.45, 7) is 6.89. The van der Waals surface area contributed by atoms with E-state index in [0.717, 1.165) is 11.8 Å². The van der Waals surface area contributed by atoms with Gasteiger partial charge in [-0.1, -0.05) is 32.9 Å². The van der Waals surface area contributed by atoms with E-state index in [2.05, 4.69) is 25.8 Å². The number of rotatable bonds is 4. The second-order valence-corrected chi connectivity index (χ2v) is 12.6. The quantitative estimate of drug-likeness (QED) is 0.734. The highest BCUT2D eigenvalue weighted by molar-refractivity contribution is 7.90. The van der Waals surface area contributed by atoms with Crippen LogP contribution in [0, 0.1) is 0 Å². The Morgan fingerprint density at radius 2 is 1.69 bits per heavy atom. The van der Waals surface area contributed by atoms with E-state index >= 15 is 0 Å². The van der Waals surface area contributed by atoms with Crippen molar-refractivity contribution in [3.8, 4) is 0 Å². The first kappa shape index (κ1) is 21.9. The van der Waals surface area contributed by atoms with E-state index < -0.39 is 19.9 Å². The van der Waals surface area contributed by atoms with E-state index in [4.69, 9.17) is 0 Å². The molecule has 3 rings (SSSR count). The summed E-state index contributed by atoms with van der Waals surface area (Å²) < 4.78 is 52.1. The fraction of sp³-hybridized carbons (Fsp3) is 0.476. The number of hydrogen-bond donors (Lipinski definition) is 0. The van der Waals surface area contributed by atoms with E-state index in [-0.39, 0.29) is 27.7 Å². The Labute approximate surface area is 173 Å². The molecule has 2 heterocycles. The van der Waals surface area contributed by atoms with Crippen LogP contribution in [0.1, 0.15) is 50.8 Å². The molecule has 1 aliphatic rings. The van der Waals surface area contributed by atoms with Crippen LogP contribution in [0.2, 0.25) is 0 Å². The maximum absolute atomic E-state index is 13.2. The highest BCUT2D eigenvalue weighted by Gasteiger charge is 2.33. The van der Waals surface area contributed by atoms with E-state index in [1.807, 2.05) is 12.1 Å². The van der Waals surface area contributed by atoms with Gasteiger partial charge < -0.3 is 0 Å². The van der Waals surface area contributed by atoms with E-state index in [1.165, 1.54) is 10.4 Å². The Kier molecular flexibility index (Phi) is 5.91. The third kappa shape index (κ3) is 4.70. The molecule has 0 amide bonds. The third-order valence-corrected chi connectivity index (χ3v) is 8.35. The van der Waals surface area contributed by atoms with Crippen molar-refractivity contribution in [2.75, 3.05) is 19.3 Å². The molecule has 0 N–H and O–H groups in total. The molecule has 1 atom stereocenters. The number of nitrogens with zero attached hydrogens (tertiary/aromatic N) is 2. The SMILES string of the molecule is CC(C)(C)c1ccc(S(=O)(=O)N2CCC[C@H](c3ncccc3S(C)(=O)=O)C2)cc1. The maximum atomic E-state index is 13.2. The van der Waals surface area contributed by atoms with Crippen molar-refractivity contribution in [3.05, 3.63) is 53.9 Å². The Bertz CT molecular complexity index is 1090. The van der Waals surface area contributed by atoms with Gasteiger partial charge in [0.2, 0.25) is 10.0 Å². The van der Waals surface area contributed by atoms with Crippen LogP contribution < -0.4 is 0 Å². The first-order valence-electron chi connectivity index (χ1n) is 9.66.